The van der Waals surface area contributed by atoms with Gasteiger partial charge in [-0.3, -0.25) is 9.69 Å². The lowest BCUT2D eigenvalue weighted by Gasteiger charge is -2.23. The predicted octanol–water partition coefficient (Wildman–Crippen LogP) is 3.28. The van der Waals surface area contributed by atoms with Crippen LogP contribution in [0.4, 0.5) is 4.79 Å². The Morgan fingerprint density at radius 2 is 1.83 bits per heavy atom. The van der Waals surface area contributed by atoms with E-state index >= 15 is 0 Å². The average Bonchev–Trinajstić information content (AvgIpc) is 2.90. The Hall–Kier alpha value is -2.57. The first-order chi connectivity index (χ1) is 14.3. The number of rotatable bonds is 7. The van der Waals surface area contributed by atoms with Gasteiger partial charge in [0, 0.05) is 12.6 Å². The Labute approximate surface area is 179 Å². The van der Waals surface area contributed by atoms with Crippen LogP contribution in [0.25, 0.3) is 0 Å². The highest BCUT2D eigenvalue weighted by molar-refractivity contribution is 6.06. The molecule has 0 saturated heterocycles. The molecule has 2 aliphatic rings. The van der Waals surface area contributed by atoms with E-state index in [2.05, 4.69) is 29.5 Å². The number of hydrogen-bond acceptors (Lipinski definition) is 4. The van der Waals surface area contributed by atoms with E-state index in [9.17, 15) is 9.59 Å². The highest BCUT2D eigenvalue weighted by Gasteiger charge is 2.43. The van der Waals surface area contributed by atoms with Crippen LogP contribution in [0, 0.1) is 5.92 Å². The smallest absolute Gasteiger partial charge is 0.315 e. The molecule has 1 fully saturated rings. The van der Waals surface area contributed by atoms with E-state index in [1.165, 1.54) is 19.3 Å². The standard InChI is InChI=1S/C23H35N5O2/c1-16(2)13-23(3)20(29)28(21(24)27-23)15-18-11-9-17(10-12-18)14-25-22(30)26-19-7-5-4-6-8-19/h9-12,16,19H,4-8,13-15H2,1-3H3,(H2,24,27)(H2,25,26,30). The highest BCUT2D eigenvalue weighted by atomic mass is 16.2. The Balaban J connectivity index is 1.50. The maximum Gasteiger partial charge on any atom is 0.315 e. The predicted molar refractivity (Wildman–Crippen MR) is 119 cm³/mol. The number of nitrogens with zero attached hydrogens (tertiary/aromatic N) is 2. The SMILES string of the molecule is CC(C)CC1(C)N=C(N)N(Cc2ccc(CNC(=O)NC3CCCCC3)cc2)C1=O. The van der Waals surface area contributed by atoms with Gasteiger partial charge in [0.15, 0.2) is 5.96 Å². The molecule has 1 aromatic carbocycles. The highest BCUT2D eigenvalue weighted by Crippen LogP contribution is 2.29. The first-order valence-electron chi connectivity index (χ1n) is 11.1. The Bertz CT molecular complexity index is 783. The van der Waals surface area contributed by atoms with Crippen molar-refractivity contribution in [1.82, 2.24) is 15.5 Å². The molecule has 0 radical (unpaired) electrons. The topological polar surface area (TPSA) is 99.8 Å². The van der Waals surface area contributed by atoms with Gasteiger partial charge in [0.05, 0.1) is 6.54 Å². The molecule has 1 heterocycles. The van der Waals surface area contributed by atoms with Gasteiger partial charge in [0.2, 0.25) is 0 Å². The second-order valence-corrected chi connectivity index (χ2v) is 9.21. The van der Waals surface area contributed by atoms with E-state index in [0.29, 0.717) is 31.5 Å². The molecule has 3 amide bonds. The van der Waals surface area contributed by atoms with Crippen LogP contribution in [0.3, 0.4) is 0 Å². The van der Waals surface area contributed by atoms with Gasteiger partial charge in [-0.25, -0.2) is 9.79 Å². The lowest BCUT2D eigenvalue weighted by molar-refractivity contribution is -0.131. The third-order valence-corrected chi connectivity index (χ3v) is 5.91. The first kappa shape index (κ1) is 22.1. The third kappa shape index (κ3) is 5.52. The minimum Gasteiger partial charge on any atom is -0.369 e. The number of amides is 3. The van der Waals surface area contributed by atoms with Crippen molar-refractivity contribution in [3.63, 3.8) is 0 Å². The van der Waals surface area contributed by atoms with E-state index in [1.54, 1.807) is 4.90 Å². The average molecular weight is 414 g/mol. The van der Waals surface area contributed by atoms with Crippen molar-refractivity contribution < 1.29 is 9.59 Å². The molecule has 1 aliphatic heterocycles. The van der Waals surface area contributed by atoms with Crippen molar-refractivity contribution in [1.29, 1.82) is 0 Å². The normalized spacial score (nSPS) is 22.3. The summed E-state index contributed by atoms with van der Waals surface area (Å²) in [5.74, 6) is 0.602. The lowest BCUT2D eigenvalue weighted by atomic mass is 9.91. The molecule has 4 N–H and O–H groups in total. The summed E-state index contributed by atoms with van der Waals surface area (Å²) in [7, 11) is 0. The van der Waals surface area contributed by atoms with Crippen molar-refractivity contribution in [2.75, 3.05) is 0 Å². The first-order valence-corrected chi connectivity index (χ1v) is 11.1. The van der Waals surface area contributed by atoms with E-state index in [0.717, 1.165) is 24.0 Å². The van der Waals surface area contributed by atoms with Gasteiger partial charge >= 0.3 is 6.03 Å². The molecular weight excluding hydrogens is 378 g/mol. The number of aliphatic imine (C=N–C) groups is 1. The zero-order valence-electron chi connectivity index (χ0n) is 18.4. The molecule has 1 aromatic rings. The van der Waals surface area contributed by atoms with Crippen LogP contribution in [-0.2, 0) is 17.9 Å². The molecule has 164 valence electrons. The molecule has 1 aliphatic carbocycles. The molecule has 0 aromatic heterocycles. The molecule has 1 unspecified atom stereocenters. The van der Waals surface area contributed by atoms with Crippen LogP contribution in [0.2, 0.25) is 0 Å². The summed E-state index contributed by atoms with van der Waals surface area (Å²) in [5, 5.41) is 5.99. The van der Waals surface area contributed by atoms with Gasteiger partial charge in [-0.15, -0.1) is 0 Å². The van der Waals surface area contributed by atoms with Crippen LogP contribution >= 0.6 is 0 Å². The van der Waals surface area contributed by atoms with Crippen molar-refractivity contribution in [3.05, 3.63) is 35.4 Å². The summed E-state index contributed by atoms with van der Waals surface area (Å²) in [6.45, 7) is 6.88. The van der Waals surface area contributed by atoms with Gasteiger partial charge in [-0.2, -0.15) is 0 Å². The van der Waals surface area contributed by atoms with E-state index in [1.807, 2.05) is 31.2 Å². The second kappa shape index (κ2) is 9.49. The zero-order chi connectivity index (χ0) is 21.7. The van der Waals surface area contributed by atoms with Crippen LogP contribution in [0.15, 0.2) is 29.3 Å². The quantitative estimate of drug-likeness (QED) is 0.639. The fourth-order valence-corrected chi connectivity index (χ4v) is 4.45. The number of guanidine groups is 1. The molecular formula is C23H35N5O2. The van der Waals surface area contributed by atoms with E-state index in [4.69, 9.17) is 5.73 Å². The summed E-state index contributed by atoms with van der Waals surface area (Å²) >= 11 is 0. The monoisotopic (exact) mass is 413 g/mol. The number of nitrogens with one attached hydrogen (secondary N) is 2. The molecule has 3 rings (SSSR count). The van der Waals surface area contributed by atoms with Crippen LogP contribution in [-0.4, -0.2) is 34.4 Å². The van der Waals surface area contributed by atoms with E-state index < -0.39 is 5.54 Å². The van der Waals surface area contributed by atoms with Gasteiger partial charge in [0.1, 0.15) is 5.54 Å². The number of carbonyl (C=O) groups is 2. The Kier molecular flexibility index (Phi) is 7.00. The lowest BCUT2D eigenvalue weighted by Crippen LogP contribution is -2.43. The van der Waals surface area contributed by atoms with Crippen LogP contribution < -0.4 is 16.4 Å². The van der Waals surface area contributed by atoms with Gasteiger partial charge in [0.25, 0.3) is 5.91 Å². The fourth-order valence-electron chi connectivity index (χ4n) is 4.45. The summed E-state index contributed by atoms with van der Waals surface area (Å²) in [4.78, 5) is 31.0. The summed E-state index contributed by atoms with van der Waals surface area (Å²) in [6.07, 6.45) is 6.47. The minimum atomic E-state index is -0.770. The van der Waals surface area contributed by atoms with Gasteiger partial charge in [-0.05, 0) is 43.2 Å². The molecule has 0 bridgehead atoms. The van der Waals surface area contributed by atoms with E-state index in [-0.39, 0.29) is 17.9 Å². The zero-order valence-corrected chi connectivity index (χ0v) is 18.4. The third-order valence-electron chi connectivity index (χ3n) is 5.91. The summed E-state index contributed by atoms with van der Waals surface area (Å²) in [5.41, 5.74) is 7.28. The number of carbonyl (C=O) groups excluding carboxylic acids is 2. The molecule has 30 heavy (non-hydrogen) atoms. The van der Waals surface area contributed by atoms with Gasteiger partial charge in [-0.1, -0.05) is 57.4 Å². The molecule has 7 heteroatoms. The van der Waals surface area contributed by atoms with Gasteiger partial charge < -0.3 is 16.4 Å². The largest absolute Gasteiger partial charge is 0.369 e. The van der Waals surface area contributed by atoms with Crippen LogP contribution in [0.1, 0.15) is 70.4 Å². The van der Waals surface area contributed by atoms with Crippen molar-refractivity contribution in [2.45, 2.75) is 84.0 Å². The Morgan fingerprint density at radius 3 is 2.47 bits per heavy atom. The minimum absolute atomic E-state index is 0.0428. The molecule has 0 spiro atoms. The summed E-state index contributed by atoms with van der Waals surface area (Å²) in [6, 6.07) is 8.06. The van der Waals surface area contributed by atoms with Crippen LogP contribution in [0.5, 0.6) is 0 Å². The van der Waals surface area contributed by atoms with Crippen molar-refractivity contribution in [3.8, 4) is 0 Å². The maximum atomic E-state index is 12.9. The molecule has 1 saturated carbocycles. The number of hydrogen-bond donors (Lipinski definition) is 3. The number of urea groups is 1. The van der Waals surface area contributed by atoms with Crippen molar-refractivity contribution in [2.24, 2.45) is 16.6 Å². The number of benzene rings is 1. The van der Waals surface area contributed by atoms with Crippen molar-refractivity contribution >= 4 is 17.9 Å². The molecule has 7 nitrogen and oxygen atoms in total. The molecule has 1 atom stereocenters. The fraction of sp³-hybridized carbons (Fsp3) is 0.609. The number of nitrogens with two attached hydrogens (primary N) is 1. The second-order valence-electron chi connectivity index (χ2n) is 9.21. The maximum absolute atomic E-state index is 12.9. The summed E-state index contributed by atoms with van der Waals surface area (Å²) < 4.78 is 0. The Morgan fingerprint density at radius 1 is 1.20 bits per heavy atom.